The number of nitrogens with one attached hydrogen (secondary N) is 1. The van der Waals surface area contributed by atoms with Crippen LogP contribution in [0.4, 0.5) is 0 Å². The van der Waals surface area contributed by atoms with Crippen molar-refractivity contribution in [2.45, 2.75) is 39.4 Å². The van der Waals surface area contributed by atoms with Gasteiger partial charge >= 0.3 is 0 Å². The van der Waals surface area contributed by atoms with Gasteiger partial charge < -0.3 is 5.32 Å². The maximum Gasteiger partial charge on any atom is 0.0965 e. The van der Waals surface area contributed by atoms with Gasteiger partial charge in [-0.05, 0) is 38.5 Å². The molecule has 0 atom stereocenters. The third-order valence-corrected chi connectivity index (χ3v) is 3.17. The minimum absolute atomic E-state index is 0.0927. The van der Waals surface area contributed by atoms with Gasteiger partial charge in [0.1, 0.15) is 0 Å². The number of hydrogen-bond acceptors (Lipinski definition) is 3. The predicted molar refractivity (Wildman–Crippen MR) is 79.9 cm³/mol. The van der Waals surface area contributed by atoms with E-state index in [1.807, 2.05) is 23.0 Å². The Morgan fingerprint density at radius 1 is 1.21 bits per heavy atom. The minimum Gasteiger partial charge on any atom is -0.306 e. The van der Waals surface area contributed by atoms with Crippen molar-refractivity contribution in [1.29, 1.82) is 0 Å². The van der Waals surface area contributed by atoms with Crippen LogP contribution < -0.4 is 5.32 Å². The molecule has 19 heavy (non-hydrogen) atoms. The Morgan fingerprint density at radius 2 is 1.89 bits per heavy atom. The van der Waals surface area contributed by atoms with E-state index in [-0.39, 0.29) is 5.54 Å². The van der Waals surface area contributed by atoms with Crippen molar-refractivity contribution in [3.8, 4) is 0 Å². The highest BCUT2D eigenvalue weighted by atomic mass is 79.9. The first kappa shape index (κ1) is 14.2. The van der Waals surface area contributed by atoms with Crippen LogP contribution in [0, 0.1) is 0 Å². The van der Waals surface area contributed by atoms with Crippen LogP contribution in [-0.4, -0.2) is 20.5 Å². The van der Waals surface area contributed by atoms with Crippen molar-refractivity contribution >= 4 is 15.9 Å². The zero-order valence-corrected chi connectivity index (χ0v) is 13.1. The highest BCUT2D eigenvalue weighted by Gasteiger charge is 2.10. The van der Waals surface area contributed by atoms with Gasteiger partial charge in [0, 0.05) is 16.6 Å². The van der Waals surface area contributed by atoms with Crippen LogP contribution in [0.25, 0.3) is 0 Å². The SMILES string of the molecule is CC(C)(C)NCc1cn(Cc2ccc(Br)cc2)nn1. The molecule has 0 aliphatic rings. The molecule has 0 unspecified atom stereocenters. The molecule has 0 saturated heterocycles. The Labute approximate surface area is 122 Å². The summed E-state index contributed by atoms with van der Waals surface area (Å²) < 4.78 is 2.95. The number of nitrogens with zero attached hydrogens (tertiary/aromatic N) is 3. The summed E-state index contributed by atoms with van der Waals surface area (Å²) in [4.78, 5) is 0. The van der Waals surface area contributed by atoms with E-state index >= 15 is 0 Å². The van der Waals surface area contributed by atoms with Gasteiger partial charge in [0.2, 0.25) is 0 Å². The fraction of sp³-hybridized carbons (Fsp3) is 0.429. The lowest BCUT2D eigenvalue weighted by atomic mass is 10.1. The average molecular weight is 323 g/mol. The van der Waals surface area contributed by atoms with E-state index in [0.29, 0.717) is 0 Å². The van der Waals surface area contributed by atoms with Crippen molar-refractivity contribution in [2.75, 3.05) is 0 Å². The zero-order chi connectivity index (χ0) is 13.9. The molecule has 0 spiro atoms. The lowest BCUT2D eigenvalue weighted by molar-refractivity contribution is 0.421. The standard InChI is InChI=1S/C14H19BrN4/c1-14(2,3)16-8-13-10-19(18-17-13)9-11-4-6-12(15)7-5-11/h4-7,10,16H,8-9H2,1-3H3. The van der Waals surface area contributed by atoms with Gasteiger partial charge in [-0.25, -0.2) is 4.68 Å². The Bertz CT molecular complexity index is 525. The summed E-state index contributed by atoms with van der Waals surface area (Å²) in [7, 11) is 0. The predicted octanol–water partition coefficient (Wildman–Crippen LogP) is 2.98. The molecule has 1 aromatic carbocycles. The molecule has 2 rings (SSSR count). The number of hydrogen-bond donors (Lipinski definition) is 1. The van der Waals surface area contributed by atoms with Gasteiger partial charge in [-0.15, -0.1) is 5.10 Å². The maximum absolute atomic E-state index is 4.17. The highest BCUT2D eigenvalue weighted by Crippen LogP contribution is 2.11. The Hall–Kier alpha value is -1.20. The molecule has 0 bridgehead atoms. The molecule has 2 aromatic rings. The van der Waals surface area contributed by atoms with Gasteiger partial charge in [-0.1, -0.05) is 33.3 Å². The third kappa shape index (κ3) is 4.76. The average Bonchev–Trinajstić information content (AvgIpc) is 2.77. The summed E-state index contributed by atoms with van der Waals surface area (Å²) >= 11 is 3.43. The molecule has 102 valence electrons. The van der Waals surface area contributed by atoms with Crippen molar-refractivity contribution in [3.05, 3.63) is 46.2 Å². The van der Waals surface area contributed by atoms with Gasteiger partial charge in [-0.3, -0.25) is 0 Å². The lowest BCUT2D eigenvalue weighted by Gasteiger charge is -2.19. The molecule has 0 aliphatic carbocycles. The van der Waals surface area contributed by atoms with E-state index in [4.69, 9.17) is 0 Å². The van der Waals surface area contributed by atoms with Crippen molar-refractivity contribution in [1.82, 2.24) is 20.3 Å². The summed E-state index contributed by atoms with van der Waals surface area (Å²) in [5.74, 6) is 0. The molecule has 1 N–H and O–H groups in total. The molecular formula is C14H19BrN4. The van der Waals surface area contributed by atoms with Crippen LogP contribution >= 0.6 is 15.9 Å². The Morgan fingerprint density at radius 3 is 2.53 bits per heavy atom. The molecule has 0 amide bonds. The first-order valence-corrected chi connectivity index (χ1v) is 7.10. The second kappa shape index (κ2) is 5.84. The van der Waals surface area contributed by atoms with Crippen molar-refractivity contribution in [2.24, 2.45) is 0 Å². The lowest BCUT2D eigenvalue weighted by Crippen LogP contribution is -2.35. The summed E-state index contributed by atoms with van der Waals surface area (Å²) in [5, 5.41) is 11.7. The fourth-order valence-corrected chi connectivity index (χ4v) is 1.89. The van der Waals surface area contributed by atoms with E-state index in [1.54, 1.807) is 0 Å². The number of benzene rings is 1. The molecular weight excluding hydrogens is 304 g/mol. The molecule has 4 nitrogen and oxygen atoms in total. The number of aromatic nitrogens is 3. The van der Waals surface area contributed by atoms with E-state index in [0.717, 1.165) is 23.3 Å². The van der Waals surface area contributed by atoms with Crippen LogP contribution in [0.3, 0.4) is 0 Å². The van der Waals surface area contributed by atoms with Gasteiger partial charge in [0.15, 0.2) is 0 Å². The quantitative estimate of drug-likeness (QED) is 0.941. The van der Waals surface area contributed by atoms with E-state index in [2.05, 4.69) is 64.5 Å². The third-order valence-electron chi connectivity index (χ3n) is 2.64. The van der Waals surface area contributed by atoms with Crippen LogP contribution in [0.1, 0.15) is 32.0 Å². The van der Waals surface area contributed by atoms with E-state index < -0.39 is 0 Å². The zero-order valence-electron chi connectivity index (χ0n) is 11.5. The van der Waals surface area contributed by atoms with Gasteiger partial charge in [0.05, 0.1) is 18.4 Å². The summed E-state index contributed by atoms with van der Waals surface area (Å²) in [5.41, 5.74) is 2.27. The van der Waals surface area contributed by atoms with Crippen LogP contribution in [0.2, 0.25) is 0 Å². The minimum atomic E-state index is 0.0927. The maximum atomic E-state index is 4.17. The van der Waals surface area contributed by atoms with Crippen LogP contribution in [0.15, 0.2) is 34.9 Å². The summed E-state index contributed by atoms with van der Waals surface area (Å²) in [6.45, 7) is 7.90. The second-order valence-corrected chi connectivity index (χ2v) is 6.55. The first-order valence-electron chi connectivity index (χ1n) is 6.31. The van der Waals surface area contributed by atoms with Crippen molar-refractivity contribution < 1.29 is 0 Å². The fourth-order valence-electron chi connectivity index (χ4n) is 1.63. The summed E-state index contributed by atoms with van der Waals surface area (Å²) in [6.07, 6.45) is 1.99. The van der Waals surface area contributed by atoms with Crippen molar-refractivity contribution in [3.63, 3.8) is 0 Å². The molecule has 5 heteroatoms. The monoisotopic (exact) mass is 322 g/mol. The molecule has 1 aromatic heterocycles. The topological polar surface area (TPSA) is 42.7 Å². The molecule has 0 aliphatic heterocycles. The molecule has 0 radical (unpaired) electrons. The van der Waals surface area contributed by atoms with E-state index in [9.17, 15) is 0 Å². The molecule has 1 heterocycles. The van der Waals surface area contributed by atoms with Gasteiger partial charge in [-0.2, -0.15) is 0 Å². The van der Waals surface area contributed by atoms with Gasteiger partial charge in [0.25, 0.3) is 0 Å². The smallest absolute Gasteiger partial charge is 0.0965 e. The highest BCUT2D eigenvalue weighted by molar-refractivity contribution is 9.10. The summed E-state index contributed by atoms with van der Waals surface area (Å²) in [6, 6.07) is 8.24. The first-order chi connectivity index (χ1) is 8.92. The van der Waals surface area contributed by atoms with Crippen LogP contribution in [-0.2, 0) is 13.1 Å². The van der Waals surface area contributed by atoms with Crippen LogP contribution in [0.5, 0.6) is 0 Å². The Balaban J connectivity index is 1.95. The Kier molecular flexibility index (Phi) is 4.37. The number of rotatable bonds is 4. The molecule has 0 saturated carbocycles. The molecule has 0 fully saturated rings. The number of halogens is 1. The second-order valence-electron chi connectivity index (χ2n) is 5.64. The normalized spacial score (nSPS) is 11.8. The largest absolute Gasteiger partial charge is 0.306 e. The van der Waals surface area contributed by atoms with E-state index in [1.165, 1.54) is 5.56 Å².